The molecular weight excluding hydrogens is 282 g/mol. The number of anilines is 1. The molecule has 1 amide bonds. The number of carbonyl (C=O) groups is 1. The molecular formula is C9H4F2N4O3S. The standard InChI is InChI=1S/C9H4F2N4O3S/c10-5-1-4(7(15(17)18)2-6(5)11)8(16)13-9-14-12-3-19-9/h1-3H,(H,13,14,16). The number of amides is 1. The molecule has 19 heavy (non-hydrogen) atoms. The summed E-state index contributed by atoms with van der Waals surface area (Å²) >= 11 is 0.976. The summed E-state index contributed by atoms with van der Waals surface area (Å²) < 4.78 is 26.0. The van der Waals surface area contributed by atoms with Crippen LogP contribution >= 0.6 is 11.3 Å². The van der Waals surface area contributed by atoms with Crippen molar-refractivity contribution in [1.82, 2.24) is 10.2 Å². The van der Waals surface area contributed by atoms with Crippen molar-refractivity contribution in [3.05, 3.63) is 45.0 Å². The first-order valence-corrected chi connectivity index (χ1v) is 5.58. The molecule has 0 radical (unpaired) electrons. The lowest BCUT2D eigenvalue weighted by atomic mass is 10.1. The number of nitro groups is 1. The maximum atomic E-state index is 13.1. The van der Waals surface area contributed by atoms with Crippen molar-refractivity contribution in [1.29, 1.82) is 0 Å². The molecule has 0 saturated carbocycles. The molecule has 0 unspecified atom stereocenters. The predicted octanol–water partition coefficient (Wildman–Crippen LogP) is 1.98. The van der Waals surface area contributed by atoms with Crippen molar-refractivity contribution in [3.8, 4) is 0 Å². The molecule has 10 heteroatoms. The van der Waals surface area contributed by atoms with Crippen molar-refractivity contribution in [3.63, 3.8) is 0 Å². The van der Waals surface area contributed by atoms with E-state index in [0.29, 0.717) is 12.1 Å². The Kier molecular flexibility index (Phi) is 3.42. The molecule has 0 aliphatic heterocycles. The number of nitrogens with zero attached hydrogens (tertiary/aromatic N) is 3. The van der Waals surface area contributed by atoms with Gasteiger partial charge in [-0.15, -0.1) is 10.2 Å². The highest BCUT2D eigenvalue weighted by molar-refractivity contribution is 7.13. The lowest BCUT2D eigenvalue weighted by molar-refractivity contribution is -0.385. The summed E-state index contributed by atoms with van der Waals surface area (Å²) in [5.74, 6) is -3.73. The van der Waals surface area contributed by atoms with Gasteiger partial charge >= 0.3 is 0 Å². The quantitative estimate of drug-likeness (QED) is 0.687. The Morgan fingerprint density at radius 2 is 2.05 bits per heavy atom. The van der Waals surface area contributed by atoms with Crippen LogP contribution in [0.3, 0.4) is 0 Å². The number of hydrogen-bond acceptors (Lipinski definition) is 6. The van der Waals surface area contributed by atoms with Crippen LogP contribution in [0.4, 0.5) is 19.6 Å². The van der Waals surface area contributed by atoms with E-state index in [1.54, 1.807) is 0 Å². The van der Waals surface area contributed by atoms with Gasteiger partial charge in [0.15, 0.2) is 11.6 Å². The van der Waals surface area contributed by atoms with Crippen LogP contribution in [-0.4, -0.2) is 21.0 Å². The van der Waals surface area contributed by atoms with Gasteiger partial charge in [0.05, 0.1) is 11.0 Å². The molecule has 0 atom stereocenters. The number of halogens is 2. The van der Waals surface area contributed by atoms with Crippen molar-refractivity contribution >= 4 is 28.1 Å². The van der Waals surface area contributed by atoms with E-state index in [1.807, 2.05) is 0 Å². The van der Waals surface area contributed by atoms with Gasteiger partial charge in [-0.25, -0.2) is 8.78 Å². The minimum absolute atomic E-state index is 0.0871. The number of aromatic nitrogens is 2. The average Bonchev–Trinajstić information content (AvgIpc) is 2.84. The Balaban J connectivity index is 2.40. The largest absolute Gasteiger partial charge is 0.296 e. The SMILES string of the molecule is O=C(Nc1nncs1)c1cc(F)c(F)cc1[N+](=O)[O-]. The highest BCUT2D eigenvalue weighted by Gasteiger charge is 2.24. The minimum atomic E-state index is -1.40. The molecule has 1 aromatic heterocycles. The Hall–Kier alpha value is -2.49. The number of carbonyl (C=O) groups excluding carboxylic acids is 1. The Labute approximate surface area is 108 Å². The fourth-order valence-electron chi connectivity index (χ4n) is 1.26. The zero-order valence-electron chi connectivity index (χ0n) is 8.96. The summed E-state index contributed by atoms with van der Waals surface area (Å²) in [5.41, 5.74) is -0.102. The zero-order chi connectivity index (χ0) is 14.0. The Bertz CT molecular complexity index is 647. The first-order chi connectivity index (χ1) is 8.99. The molecule has 0 bridgehead atoms. The molecule has 0 spiro atoms. The minimum Gasteiger partial charge on any atom is -0.296 e. The van der Waals surface area contributed by atoms with Crippen LogP contribution in [0.25, 0.3) is 0 Å². The third-order valence-electron chi connectivity index (χ3n) is 2.06. The summed E-state index contributed by atoms with van der Waals surface area (Å²) in [4.78, 5) is 21.5. The van der Waals surface area contributed by atoms with Crippen molar-refractivity contribution in [2.45, 2.75) is 0 Å². The molecule has 0 aliphatic rings. The normalized spacial score (nSPS) is 10.2. The maximum absolute atomic E-state index is 13.1. The third kappa shape index (κ3) is 2.68. The number of rotatable bonds is 3. The van der Waals surface area contributed by atoms with Gasteiger partial charge in [0.25, 0.3) is 11.6 Å². The number of benzene rings is 1. The predicted molar refractivity (Wildman–Crippen MR) is 60.9 cm³/mol. The van der Waals surface area contributed by atoms with Crippen molar-refractivity contribution in [2.75, 3.05) is 5.32 Å². The van der Waals surface area contributed by atoms with Crippen LogP contribution in [-0.2, 0) is 0 Å². The monoisotopic (exact) mass is 286 g/mol. The zero-order valence-corrected chi connectivity index (χ0v) is 9.78. The van der Waals surface area contributed by atoms with E-state index in [0.717, 1.165) is 11.3 Å². The van der Waals surface area contributed by atoms with E-state index < -0.39 is 33.7 Å². The molecule has 2 rings (SSSR count). The number of nitro benzene ring substituents is 1. The van der Waals surface area contributed by atoms with Crippen LogP contribution in [0.1, 0.15) is 10.4 Å². The van der Waals surface area contributed by atoms with E-state index in [-0.39, 0.29) is 5.13 Å². The Morgan fingerprint density at radius 1 is 1.37 bits per heavy atom. The molecule has 0 aliphatic carbocycles. The van der Waals surface area contributed by atoms with Crippen LogP contribution in [0.2, 0.25) is 0 Å². The summed E-state index contributed by atoms with van der Waals surface area (Å²) in [6.45, 7) is 0. The van der Waals surface area contributed by atoms with E-state index in [1.165, 1.54) is 5.51 Å². The van der Waals surface area contributed by atoms with Crippen LogP contribution in [0.15, 0.2) is 17.6 Å². The average molecular weight is 286 g/mol. The Morgan fingerprint density at radius 3 is 2.63 bits per heavy atom. The second-order valence-corrected chi connectivity index (χ2v) is 4.07. The third-order valence-corrected chi connectivity index (χ3v) is 2.67. The van der Waals surface area contributed by atoms with Gasteiger partial charge in [-0.3, -0.25) is 20.2 Å². The molecule has 0 fully saturated rings. The second-order valence-electron chi connectivity index (χ2n) is 3.24. The molecule has 0 saturated heterocycles. The highest BCUT2D eigenvalue weighted by Crippen LogP contribution is 2.23. The highest BCUT2D eigenvalue weighted by atomic mass is 32.1. The fraction of sp³-hybridized carbons (Fsp3) is 0. The second kappa shape index (κ2) is 5.02. The van der Waals surface area contributed by atoms with Gasteiger partial charge in [0, 0.05) is 0 Å². The number of nitrogens with one attached hydrogen (secondary N) is 1. The van der Waals surface area contributed by atoms with Crippen LogP contribution in [0.5, 0.6) is 0 Å². The van der Waals surface area contributed by atoms with E-state index >= 15 is 0 Å². The molecule has 98 valence electrons. The summed E-state index contributed by atoms with van der Waals surface area (Å²) in [7, 11) is 0. The molecule has 2 aromatic rings. The van der Waals surface area contributed by atoms with E-state index in [4.69, 9.17) is 0 Å². The van der Waals surface area contributed by atoms with Crippen molar-refractivity contribution < 1.29 is 18.5 Å². The lowest BCUT2D eigenvalue weighted by Gasteiger charge is -2.03. The maximum Gasteiger partial charge on any atom is 0.285 e. The molecule has 1 N–H and O–H groups in total. The topological polar surface area (TPSA) is 98.0 Å². The van der Waals surface area contributed by atoms with E-state index in [2.05, 4.69) is 15.5 Å². The van der Waals surface area contributed by atoms with Gasteiger partial charge in [0.1, 0.15) is 11.1 Å². The smallest absolute Gasteiger partial charge is 0.285 e. The molecule has 1 heterocycles. The fourth-order valence-corrected chi connectivity index (χ4v) is 1.70. The van der Waals surface area contributed by atoms with Crippen LogP contribution in [0, 0.1) is 21.7 Å². The molecule has 7 nitrogen and oxygen atoms in total. The first kappa shape index (κ1) is 13.0. The van der Waals surface area contributed by atoms with Gasteiger partial charge in [-0.2, -0.15) is 0 Å². The van der Waals surface area contributed by atoms with E-state index in [9.17, 15) is 23.7 Å². The summed E-state index contributed by atoms with van der Waals surface area (Å²) in [6, 6.07) is 0.814. The molecule has 1 aromatic carbocycles. The summed E-state index contributed by atoms with van der Waals surface area (Å²) in [5, 5.41) is 19.9. The van der Waals surface area contributed by atoms with Gasteiger partial charge in [0.2, 0.25) is 5.13 Å². The number of hydrogen-bond donors (Lipinski definition) is 1. The van der Waals surface area contributed by atoms with Gasteiger partial charge in [-0.05, 0) is 6.07 Å². The van der Waals surface area contributed by atoms with Gasteiger partial charge in [-0.1, -0.05) is 11.3 Å². The first-order valence-electron chi connectivity index (χ1n) is 4.70. The van der Waals surface area contributed by atoms with Crippen LogP contribution < -0.4 is 5.32 Å². The lowest BCUT2D eigenvalue weighted by Crippen LogP contribution is -2.14. The summed E-state index contributed by atoms with van der Waals surface area (Å²) in [6.07, 6.45) is 0. The van der Waals surface area contributed by atoms with Crippen molar-refractivity contribution in [2.24, 2.45) is 0 Å². The van der Waals surface area contributed by atoms with Gasteiger partial charge < -0.3 is 0 Å².